The number of piperidine rings is 1. The van der Waals surface area contributed by atoms with Crippen molar-refractivity contribution in [2.24, 2.45) is 5.92 Å². The summed E-state index contributed by atoms with van der Waals surface area (Å²) in [5, 5.41) is 3.59. The zero-order valence-corrected chi connectivity index (χ0v) is 11.9. The van der Waals surface area contributed by atoms with Crippen LogP contribution in [-0.2, 0) is 13.0 Å². The average molecular weight is 257 g/mol. The van der Waals surface area contributed by atoms with E-state index in [-0.39, 0.29) is 0 Å². The van der Waals surface area contributed by atoms with E-state index < -0.39 is 0 Å². The first-order chi connectivity index (χ1) is 9.28. The minimum absolute atomic E-state index is 0.682. The van der Waals surface area contributed by atoms with Crippen LogP contribution in [0.3, 0.4) is 0 Å². The molecule has 2 aromatic rings. The van der Waals surface area contributed by atoms with E-state index in [1.54, 1.807) is 0 Å². The first-order valence-corrected chi connectivity index (χ1v) is 7.45. The molecule has 0 aliphatic carbocycles. The van der Waals surface area contributed by atoms with E-state index in [2.05, 4.69) is 48.0 Å². The predicted octanol–water partition coefficient (Wildman–Crippen LogP) is 2.99. The molecule has 1 N–H and O–H groups in total. The lowest BCUT2D eigenvalue weighted by Crippen LogP contribution is -2.37. The van der Waals surface area contributed by atoms with Crippen molar-refractivity contribution in [2.45, 2.75) is 45.7 Å². The fourth-order valence-electron chi connectivity index (χ4n) is 3.12. The van der Waals surface area contributed by atoms with Gasteiger partial charge in [-0.3, -0.25) is 0 Å². The second-order valence-electron chi connectivity index (χ2n) is 5.72. The monoisotopic (exact) mass is 257 g/mol. The summed E-state index contributed by atoms with van der Waals surface area (Å²) in [6, 6.07) is 9.15. The summed E-state index contributed by atoms with van der Waals surface area (Å²) in [5.74, 6) is 1.99. The van der Waals surface area contributed by atoms with Crippen molar-refractivity contribution in [1.82, 2.24) is 14.9 Å². The summed E-state index contributed by atoms with van der Waals surface area (Å²) < 4.78 is 2.37. The first kappa shape index (κ1) is 12.7. The zero-order valence-electron chi connectivity index (χ0n) is 11.9. The number of imidazole rings is 1. The number of hydrogen-bond donors (Lipinski definition) is 1. The summed E-state index contributed by atoms with van der Waals surface area (Å²) in [4.78, 5) is 4.83. The van der Waals surface area contributed by atoms with E-state index >= 15 is 0 Å². The number of fused-ring (bicyclic) bond motifs is 1. The van der Waals surface area contributed by atoms with Crippen molar-refractivity contribution in [3.05, 3.63) is 30.1 Å². The third-order valence-corrected chi connectivity index (χ3v) is 4.28. The van der Waals surface area contributed by atoms with Gasteiger partial charge in [-0.1, -0.05) is 12.1 Å². The highest BCUT2D eigenvalue weighted by molar-refractivity contribution is 5.75. The number of benzene rings is 1. The Balaban J connectivity index is 1.84. The van der Waals surface area contributed by atoms with E-state index in [1.807, 2.05) is 0 Å². The molecule has 3 nitrogen and oxygen atoms in total. The smallest absolute Gasteiger partial charge is 0.110 e. The molecule has 1 aliphatic rings. The van der Waals surface area contributed by atoms with Crippen LogP contribution < -0.4 is 5.32 Å². The normalized spacial score (nSPS) is 23.9. The molecule has 0 amide bonds. The van der Waals surface area contributed by atoms with Crippen LogP contribution in [0.15, 0.2) is 24.3 Å². The third-order valence-electron chi connectivity index (χ3n) is 4.28. The molecule has 1 fully saturated rings. The van der Waals surface area contributed by atoms with Gasteiger partial charge in [-0.25, -0.2) is 4.98 Å². The molecule has 1 aromatic heterocycles. The van der Waals surface area contributed by atoms with Crippen LogP contribution in [0.25, 0.3) is 11.0 Å². The predicted molar refractivity (Wildman–Crippen MR) is 79.3 cm³/mol. The van der Waals surface area contributed by atoms with E-state index in [0.29, 0.717) is 6.04 Å². The Morgan fingerprint density at radius 1 is 1.32 bits per heavy atom. The summed E-state index contributed by atoms with van der Waals surface area (Å²) in [5.41, 5.74) is 2.41. The topological polar surface area (TPSA) is 29.9 Å². The summed E-state index contributed by atoms with van der Waals surface area (Å²) in [6.07, 6.45) is 3.71. The second-order valence-corrected chi connectivity index (χ2v) is 5.72. The standard InChI is InChI=1S/C16H23N3/c1-3-19-15-7-5-4-6-14(15)18-16(19)10-13-9-8-12(2)17-11-13/h4-7,12-13,17H,3,8-11H2,1-2H3. The molecule has 3 heteroatoms. The molecule has 2 atom stereocenters. The van der Waals surface area contributed by atoms with Crippen LogP contribution in [0.4, 0.5) is 0 Å². The van der Waals surface area contributed by atoms with Crippen molar-refractivity contribution < 1.29 is 0 Å². The third kappa shape index (κ3) is 2.52. The van der Waals surface area contributed by atoms with Gasteiger partial charge in [0, 0.05) is 19.0 Å². The maximum absolute atomic E-state index is 4.83. The Hall–Kier alpha value is -1.35. The van der Waals surface area contributed by atoms with Crippen molar-refractivity contribution in [2.75, 3.05) is 6.54 Å². The maximum atomic E-state index is 4.83. The number of hydrogen-bond acceptors (Lipinski definition) is 2. The lowest BCUT2D eigenvalue weighted by Gasteiger charge is -2.27. The van der Waals surface area contributed by atoms with Crippen molar-refractivity contribution >= 4 is 11.0 Å². The lowest BCUT2D eigenvalue weighted by molar-refractivity contribution is 0.316. The highest BCUT2D eigenvalue weighted by Gasteiger charge is 2.20. The van der Waals surface area contributed by atoms with Crippen molar-refractivity contribution in [1.29, 1.82) is 0 Å². The van der Waals surface area contributed by atoms with Gasteiger partial charge >= 0.3 is 0 Å². The first-order valence-electron chi connectivity index (χ1n) is 7.45. The summed E-state index contributed by atoms with van der Waals surface area (Å²) >= 11 is 0. The van der Waals surface area contributed by atoms with Crippen LogP contribution in [0, 0.1) is 5.92 Å². The molecule has 0 bridgehead atoms. The molecular weight excluding hydrogens is 234 g/mol. The Morgan fingerprint density at radius 3 is 2.89 bits per heavy atom. The summed E-state index contributed by atoms with van der Waals surface area (Å²) in [6.45, 7) is 6.62. The van der Waals surface area contributed by atoms with Crippen molar-refractivity contribution in [3.8, 4) is 0 Å². The number of nitrogens with one attached hydrogen (secondary N) is 1. The number of aromatic nitrogens is 2. The van der Waals surface area contributed by atoms with E-state index in [4.69, 9.17) is 4.98 Å². The Morgan fingerprint density at radius 2 is 2.16 bits per heavy atom. The Bertz CT molecular complexity index is 550. The molecule has 2 unspecified atom stereocenters. The molecule has 0 spiro atoms. The molecule has 3 rings (SSSR count). The molecular formula is C16H23N3. The van der Waals surface area contributed by atoms with Gasteiger partial charge < -0.3 is 9.88 Å². The van der Waals surface area contributed by atoms with Crippen LogP contribution >= 0.6 is 0 Å². The van der Waals surface area contributed by atoms with Gasteiger partial charge in [0.1, 0.15) is 5.82 Å². The van der Waals surface area contributed by atoms with E-state index in [1.165, 1.54) is 24.2 Å². The quantitative estimate of drug-likeness (QED) is 0.916. The van der Waals surface area contributed by atoms with Crippen LogP contribution in [0.1, 0.15) is 32.5 Å². The Labute approximate surface area is 115 Å². The molecule has 19 heavy (non-hydrogen) atoms. The van der Waals surface area contributed by atoms with Gasteiger partial charge in [-0.2, -0.15) is 0 Å². The van der Waals surface area contributed by atoms with Crippen LogP contribution in [0.5, 0.6) is 0 Å². The molecule has 1 aliphatic heterocycles. The lowest BCUT2D eigenvalue weighted by atomic mass is 9.92. The molecule has 1 saturated heterocycles. The minimum Gasteiger partial charge on any atom is -0.328 e. The van der Waals surface area contributed by atoms with Crippen LogP contribution in [0.2, 0.25) is 0 Å². The van der Waals surface area contributed by atoms with Gasteiger partial charge in [-0.05, 0) is 51.3 Å². The Kier molecular flexibility index (Phi) is 3.56. The highest BCUT2D eigenvalue weighted by Crippen LogP contribution is 2.22. The van der Waals surface area contributed by atoms with Gasteiger partial charge in [-0.15, -0.1) is 0 Å². The van der Waals surface area contributed by atoms with Crippen molar-refractivity contribution in [3.63, 3.8) is 0 Å². The van der Waals surface area contributed by atoms with E-state index in [9.17, 15) is 0 Å². The number of aryl methyl sites for hydroxylation is 1. The second kappa shape index (κ2) is 5.33. The highest BCUT2D eigenvalue weighted by atomic mass is 15.1. The molecule has 0 radical (unpaired) electrons. The largest absolute Gasteiger partial charge is 0.328 e. The fourth-order valence-corrected chi connectivity index (χ4v) is 3.12. The number of para-hydroxylation sites is 2. The summed E-state index contributed by atoms with van der Waals surface area (Å²) in [7, 11) is 0. The van der Waals surface area contributed by atoms with Crippen LogP contribution in [-0.4, -0.2) is 22.1 Å². The SMILES string of the molecule is CCn1c(CC2CCC(C)NC2)nc2ccccc21. The van der Waals surface area contributed by atoms with Gasteiger partial charge in [0.2, 0.25) is 0 Å². The number of nitrogens with zero attached hydrogens (tertiary/aromatic N) is 2. The number of rotatable bonds is 3. The van der Waals surface area contributed by atoms with E-state index in [0.717, 1.165) is 30.9 Å². The fraction of sp³-hybridized carbons (Fsp3) is 0.562. The van der Waals surface area contributed by atoms with Gasteiger partial charge in [0.25, 0.3) is 0 Å². The molecule has 102 valence electrons. The molecule has 1 aromatic carbocycles. The molecule has 2 heterocycles. The maximum Gasteiger partial charge on any atom is 0.110 e. The zero-order chi connectivity index (χ0) is 13.2. The van der Waals surface area contributed by atoms with Gasteiger partial charge in [0.05, 0.1) is 11.0 Å². The average Bonchev–Trinajstić information content (AvgIpc) is 2.78. The molecule has 0 saturated carbocycles. The van der Waals surface area contributed by atoms with Gasteiger partial charge in [0.15, 0.2) is 0 Å². The minimum atomic E-state index is 0.682.